The van der Waals surface area contributed by atoms with Gasteiger partial charge in [0, 0.05) is 11.1 Å². The zero-order chi connectivity index (χ0) is 12.0. The van der Waals surface area contributed by atoms with Gasteiger partial charge in [0.2, 0.25) is 0 Å². The topological polar surface area (TPSA) is 50.7 Å². The Morgan fingerprint density at radius 1 is 1.50 bits per heavy atom. The van der Waals surface area contributed by atoms with Crippen LogP contribution in [0.1, 0.15) is 40.0 Å². The predicted molar refractivity (Wildman–Crippen MR) is 62.2 cm³/mol. The fraction of sp³-hybridized carbons (Fsp3) is 0.833. The van der Waals surface area contributed by atoms with Crippen LogP contribution in [0.15, 0.2) is 5.10 Å². The molecular weight excluding hydrogens is 204 g/mol. The summed E-state index contributed by atoms with van der Waals surface area (Å²) in [5.41, 5.74) is 4.01. The summed E-state index contributed by atoms with van der Waals surface area (Å²) in [6.07, 6.45) is 2.97. The first-order valence-electron chi connectivity index (χ1n) is 5.83. The second-order valence-corrected chi connectivity index (χ2v) is 5.66. The Labute approximate surface area is 96.4 Å². The molecule has 4 nitrogen and oxygen atoms in total. The lowest BCUT2D eigenvalue weighted by molar-refractivity contribution is 0.170. The van der Waals surface area contributed by atoms with E-state index >= 15 is 0 Å². The van der Waals surface area contributed by atoms with E-state index in [1.54, 1.807) is 0 Å². The minimum atomic E-state index is -0.489. The number of fused-ring (bicyclic) bond motifs is 2. The average Bonchev–Trinajstić information content (AvgIpc) is 2.58. The Kier molecular flexibility index (Phi) is 2.48. The van der Waals surface area contributed by atoms with Gasteiger partial charge in [0.15, 0.2) is 0 Å². The van der Waals surface area contributed by atoms with Gasteiger partial charge in [-0.25, -0.2) is 10.2 Å². The monoisotopic (exact) mass is 224 g/mol. The lowest BCUT2D eigenvalue weighted by atomic mass is 9.70. The molecule has 0 heterocycles. The lowest BCUT2D eigenvalue weighted by Crippen LogP contribution is -2.34. The highest BCUT2D eigenvalue weighted by Crippen LogP contribution is 2.63. The summed E-state index contributed by atoms with van der Waals surface area (Å²) < 4.78 is 4.52. The molecular formula is C12H20N2O2. The number of nitrogens with zero attached hydrogens (tertiary/aromatic N) is 1. The number of amides is 1. The number of carbonyl (C=O) groups excluding carboxylic acids is 1. The molecule has 2 bridgehead atoms. The SMILES string of the molecule is COC(=O)N/N=C1\CC2CCC1(C)C2(C)C. The molecule has 2 saturated carbocycles. The highest BCUT2D eigenvalue weighted by atomic mass is 16.5. The van der Waals surface area contributed by atoms with E-state index in [0.29, 0.717) is 11.3 Å². The van der Waals surface area contributed by atoms with Crippen molar-refractivity contribution in [2.24, 2.45) is 21.8 Å². The standard InChI is InChI=1S/C12H20N2O2/c1-11(2)8-5-6-12(11,3)9(7-8)13-14-10(15)16-4/h8H,5-7H2,1-4H3,(H,14,15)/b13-9+. The first kappa shape index (κ1) is 11.4. The van der Waals surface area contributed by atoms with Crippen molar-refractivity contribution in [1.82, 2.24) is 5.43 Å². The maximum absolute atomic E-state index is 11.0. The van der Waals surface area contributed by atoms with Gasteiger partial charge in [0.25, 0.3) is 0 Å². The Morgan fingerprint density at radius 2 is 2.19 bits per heavy atom. The molecule has 0 aromatic rings. The van der Waals surface area contributed by atoms with Crippen molar-refractivity contribution in [2.45, 2.75) is 40.0 Å². The van der Waals surface area contributed by atoms with E-state index in [-0.39, 0.29) is 5.41 Å². The molecule has 90 valence electrons. The number of hydrogen-bond acceptors (Lipinski definition) is 3. The third kappa shape index (κ3) is 1.35. The van der Waals surface area contributed by atoms with Gasteiger partial charge in [-0.2, -0.15) is 5.10 Å². The molecule has 0 aromatic heterocycles. The van der Waals surface area contributed by atoms with E-state index in [1.807, 2.05) is 0 Å². The van der Waals surface area contributed by atoms with Crippen molar-refractivity contribution in [3.63, 3.8) is 0 Å². The number of rotatable bonds is 1. The first-order chi connectivity index (χ1) is 7.41. The number of hydrazone groups is 1. The van der Waals surface area contributed by atoms with E-state index < -0.39 is 6.09 Å². The quantitative estimate of drug-likeness (QED) is 0.696. The number of carbonyl (C=O) groups is 1. The van der Waals surface area contributed by atoms with Crippen LogP contribution in [0.2, 0.25) is 0 Å². The maximum atomic E-state index is 11.0. The van der Waals surface area contributed by atoms with Gasteiger partial charge in [-0.15, -0.1) is 0 Å². The summed E-state index contributed by atoms with van der Waals surface area (Å²) in [4.78, 5) is 11.0. The van der Waals surface area contributed by atoms with Crippen LogP contribution >= 0.6 is 0 Å². The normalized spacial score (nSPS) is 37.8. The fourth-order valence-corrected chi connectivity index (χ4v) is 3.26. The molecule has 0 aromatic carbocycles. The van der Waals surface area contributed by atoms with Gasteiger partial charge in [0.05, 0.1) is 7.11 Å². The zero-order valence-electron chi connectivity index (χ0n) is 10.5. The molecule has 1 N–H and O–H groups in total. The lowest BCUT2D eigenvalue weighted by Gasteiger charge is -2.34. The van der Waals surface area contributed by atoms with Gasteiger partial charge < -0.3 is 4.74 Å². The molecule has 0 saturated heterocycles. The first-order valence-corrected chi connectivity index (χ1v) is 5.83. The molecule has 0 aliphatic heterocycles. The average molecular weight is 224 g/mol. The van der Waals surface area contributed by atoms with E-state index in [4.69, 9.17) is 0 Å². The van der Waals surface area contributed by atoms with Crippen molar-refractivity contribution in [2.75, 3.05) is 7.11 Å². The van der Waals surface area contributed by atoms with Crippen LogP contribution in [0.5, 0.6) is 0 Å². The molecule has 4 heteroatoms. The minimum Gasteiger partial charge on any atom is -0.452 e. The Hall–Kier alpha value is -1.06. The van der Waals surface area contributed by atoms with Crippen LogP contribution < -0.4 is 5.43 Å². The number of ether oxygens (including phenoxy) is 1. The zero-order valence-corrected chi connectivity index (χ0v) is 10.5. The van der Waals surface area contributed by atoms with Crippen LogP contribution in [0, 0.1) is 16.7 Å². The summed E-state index contributed by atoms with van der Waals surface area (Å²) in [6.45, 7) is 6.88. The van der Waals surface area contributed by atoms with Gasteiger partial charge in [-0.3, -0.25) is 0 Å². The van der Waals surface area contributed by atoms with Gasteiger partial charge >= 0.3 is 6.09 Å². The van der Waals surface area contributed by atoms with Crippen LogP contribution in [0.25, 0.3) is 0 Å². The van der Waals surface area contributed by atoms with Crippen molar-refractivity contribution in [3.8, 4) is 0 Å². The number of nitrogens with one attached hydrogen (secondary N) is 1. The van der Waals surface area contributed by atoms with Gasteiger partial charge in [-0.05, 0) is 30.6 Å². The Bertz CT molecular complexity index is 349. The molecule has 2 atom stereocenters. The predicted octanol–water partition coefficient (Wildman–Crippen LogP) is 2.54. The van der Waals surface area contributed by atoms with Crippen molar-refractivity contribution in [1.29, 1.82) is 0 Å². The molecule has 0 radical (unpaired) electrons. The Morgan fingerprint density at radius 3 is 2.62 bits per heavy atom. The fourth-order valence-electron chi connectivity index (χ4n) is 3.26. The molecule has 2 unspecified atom stereocenters. The largest absolute Gasteiger partial charge is 0.452 e. The second kappa shape index (κ2) is 3.47. The Balaban J connectivity index is 2.18. The summed E-state index contributed by atoms with van der Waals surface area (Å²) >= 11 is 0. The third-order valence-electron chi connectivity index (χ3n) is 4.98. The van der Waals surface area contributed by atoms with Crippen molar-refractivity contribution < 1.29 is 9.53 Å². The van der Waals surface area contributed by atoms with Crippen LogP contribution in [0.4, 0.5) is 4.79 Å². The number of hydrogen-bond donors (Lipinski definition) is 1. The van der Waals surface area contributed by atoms with Gasteiger partial charge in [-0.1, -0.05) is 20.8 Å². The molecule has 2 rings (SSSR count). The molecule has 0 spiro atoms. The van der Waals surface area contributed by atoms with Crippen LogP contribution in [-0.4, -0.2) is 18.9 Å². The second-order valence-electron chi connectivity index (χ2n) is 5.66. The minimum absolute atomic E-state index is 0.138. The highest BCUT2D eigenvalue weighted by molar-refractivity contribution is 5.94. The molecule has 1 amide bonds. The molecule has 2 aliphatic carbocycles. The summed E-state index contributed by atoms with van der Waals surface area (Å²) in [7, 11) is 1.35. The molecule has 16 heavy (non-hydrogen) atoms. The summed E-state index contributed by atoms with van der Waals surface area (Å²) in [6, 6.07) is 0. The number of methoxy groups -OCH3 is 1. The van der Waals surface area contributed by atoms with E-state index in [9.17, 15) is 4.79 Å². The highest BCUT2D eigenvalue weighted by Gasteiger charge is 2.59. The van der Waals surface area contributed by atoms with Crippen LogP contribution in [-0.2, 0) is 4.74 Å². The molecule has 2 fully saturated rings. The summed E-state index contributed by atoms with van der Waals surface area (Å²) in [5, 5.41) is 4.24. The third-order valence-corrected chi connectivity index (χ3v) is 4.98. The van der Waals surface area contributed by atoms with Crippen LogP contribution in [0.3, 0.4) is 0 Å². The van der Waals surface area contributed by atoms with E-state index in [1.165, 1.54) is 20.0 Å². The summed E-state index contributed by atoms with van der Waals surface area (Å²) in [5.74, 6) is 0.704. The van der Waals surface area contributed by atoms with Gasteiger partial charge in [0.1, 0.15) is 0 Å². The van der Waals surface area contributed by atoms with E-state index in [2.05, 4.69) is 36.0 Å². The van der Waals surface area contributed by atoms with Crippen molar-refractivity contribution >= 4 is 11.8 Å². The smallest absolute Gasteiger partial charge is 0.427 e. The van der Waals surface area contributed by atoms with E-state index in [0.717, 1.165) is 12.1 Å². The maximum Gasteiger partial charge on any atom is 0.427 e. The van der Waals surface area contributed by atoms with Crippen molar-refractivity contribution in [3.05, 3.63) is 0 Å². The molecule has 2 aliphatic rings.